The molecule has 0 atom stereocenters. The van der Waals surface area contributed by atoms with Gasteiger partial charge in [0.05, 0.1) is 10.7 Å². The molecule has 0 aliphatic carbocycles. The number of hydrogen-bond donors (Lipinski definition) is 1. The highest BCUT2D eigenvalue weighted by atomic mass is 79.9. The number of nitrogens with one attached hydrogen (secondary N) is 1. The number of hydrogen-bond acceptors (Lipinski definition) is 1. The second-order valence-electron chi connectivity index (χ2n) is 4.52. The zero-order valence-corrected chi connectivity index (χ0v) is 13.3. The molecule has 104 valence electrons. The van der Waals surface area contributed by atoms with Gasteiger partial charge in [0.1, 0.15) is 5.82 Å². The zero-order valence-electron chi connectivity index (χ0n) is 10.9. The highest BCUT2D eigenvalue weighted by Crippen LogP contribution is 2.28. The molecule has 0 fully saturated rings. The number of benzene rings is 2. The second-order valence-corrected chi connectivity index (χ2v) is 5.78. The summed E-state index contributed by atoms with van der Waals surface area (Å²) in [5.74, 6) is -0.993. The summed E-state index contributed by atoms with van der Waals surface area (Å²) in [5, 5.41) is 2.77. The summed E-state index contributed by atoms with van der Waals surface area (Å²) in [6.07, 6.45) is 0. The molecule has 0 spiro atoms. The van der Waals surface area contributed by atoms with E-state index in [1.807, 2.05) is 26.0 Å². The fourth-order valence-corrected chi connectivity index (χ4v) is 2.79. The number of anilines is 1. The van der Waals surface area contributed by atoms with Crippen molar-refractivity contribution in [1.29, 1.82) is 0 Å². The van der Waals surface area contributed by atoms with Crippen LogP contribution in [0.1, 0.15) is 21.5 Å². The summed E-state index contributed by atoms with van der Waals surface area (Å²) in [6.45, 7) is 3.87. The van der Waals surface area contributed by atoms with E-state index >= 15 is 0 Å². The number of aryl methyl sites for hydroxylation is 2. The van der Waals surface area contributed by atoms with E-state index < -0.39 is 5.82 Å². The maximum atomic E-state index is 13.4. The number of halogens is 3. The minimum atomic E-state index is -0.612. The van der Waals surface area contributed by atoms with Crippen molar-refractivity contribution in [2.24, 2.45) is 0 Å². The Morgan fingerprint density at radius 2 is 1.95 bits per heavy atom. The minimum Gasteiger partial charge on any atom is -0.321 e. The quantitative estimate of drug-likeness (QED) is 0.796. The predicted octanol–water partition coefficient (Wildman–Crippen LogP) is 5.11. The molecule has 0 heterocycles. The molecule has 0 saturated carbocycles. The van der Waals surface area contributed by atoms with Crippen LogP contribution in [0.3, 0.4) is 0 Å². The molecule has 2 nitrogen and oxygen atoms in total. The molecule has 0 saturated heterocycles. The Balaban J connectivity index is 2.30. The lowest BCUT2D eigenvalue weighted by Gasteiger charge is -2.12. The molecule has 1 N–H and O–H groups in total. The van der Waals surface area contributed by atoms with Gasteiger partial charge in [-0.1, -0.05) is 17.7 Å². The third-order valence-corrected chi connectivity index (χ3v) is 3.78. The maximum absolute atomic E-state index is 13.4. The molecule has 0 bridgehead atoms. The van der Waals surface area contributed by atoms with Gasteiger partial charge in [-0.15, -0.1) is 0 Å². The average molecular weight is 357 g/mol. The minimum absolute atomic E-state index is 0.00533. The van der Waals surface area contributed by atoms with E-state index in [9.17, 15) is 9.18 Å². The van der Waals surface area contributed by atoms with Gasteiger partial charge in [0.25, 0.3) is 5.91 Å². The average Bonchev–Trinajstić information content (AvgIpc) is 2.36. The lowest BCUT2D eigenvalue weighted by molar-refractivity contribution is 0.102. The van der Waals surface area contributed by atoms with Crippen molar-refractivity contribution in [1.82, 2.24) is 0 Å². The Hall–Kier alpha value is -1.39. The van der Waals surface area contributed by atoms with E-state index in [1.54, 1.807) is 0 Å². The van der Waals surface area contributed by atoms with Gasteiger partial charge in [-0.2, -0.15) is 0 Å². The summed E-state index contributed by atoms with van der Waals surface area (Å²) in [4.78, 5) is 12.1. The van der Waals surface area contributed by atoms with E-state index in [0.717, 1.165) is 21.7 Å². The molecular formula is C15H12BrClFNO. The molecule has 0 radical (unpaired) electrons. The van der Waals surface area contributed by atoms with E-state index in [4.69, 9.17) is 11.6 Å². The lowest BCUT2D eigenvalue weighted by Crippen LogP contribution is -2.13. The van der Waals surface area contributed by atoms with Crippen molar-refractivity contribution in [2.75, 3.05) is 5.32 Å². The van der Waals surface area contributed by atoms with E-state index in [2.05, 4.69) is 21.2 Å². The molecular weight excluding hydrogens is 345 g/mol. The van der Waals surface area contributed by atoms with E-state index in [1.165, 1.54) is 12.1 Å². The van der Waals surface area contributed by atoms with Gasteiger partial charge in [-0.25, -0.2) is 4.39 Å². The number of carbonyl (C=O) groups excluding carboxylic acids is 1. The highest BCUT2D eigenvalue weighted by molar-refractivity contribution is 9.10. The van der Waals surface area contributed by atoms with Crippen LogP contribution in [0.15, 0.2) is 34.8 Å². The van der Waals surface area contributed by atoms with Gasteiger partial charge in [-0.05, 0) is 65.2 Å². The second kappa shape index (κ2) is 5.94. The van der Waals surface area contributed by atoms with Crippen LogP contribution in [0.25, 0.3) is 0 Å². The fourth-order valence-electron chi connectivity index (χ4n) is 1.90. The third-order valence-electron chi connectivity index (χ3n) is 2.85. The van der Waals surface area contributed by atoms with Gasteiger partial charge >= 0.3 is 0 Å². The Kier molecular flexibility index (Phi) is 4.45. The van der Waals surface area contributed by atoms with Gasteiger partial charge in [0.2, 0.25) is 0 Å². The Morgan fingerprint density at radius 1 is 1.25 bits per heavy atom. The Morgan fingerprint density at radius 3 is 2.55 bits per heavy atom. The monoisotopic (exact) mass is 355 g/mol. The summed E-state index contributed by atoms with van der Waals surface area (Å²) in [7, 11) is 0. The van der Waals surface area contributed by atoms with Crippen molar-refractivity contribution in [2.45, 2.75) is 13.8 Å². The fraction of sp³-hybridized carbons (Fsp3) is 0.133. The predicted molar refractivity (Wildman–Crippen MR) is 83.0 cm³/mol. The van der Waals surface area contributed by atoms with Crippen molar-refractivity contribution in [3.8, 4) is 0 Å². The molecule has 0 aliphatic rings. The van der Waals surface area contributed by atoms with Crippen molar-refractivity contribution < 1.29 is 9.18 Å². The summed E-state index contributed by atoms with van der Waals surface area (Å²) in [6, 6.07) is 7.84. The Labute approximate surface area is 130 Å². The van der Waals surface area contributed by atoms with Crippen LogP contribution in [0.2, 0.25) is 5.02 Å². The number of carbonyl (C=O) groups is 1. The number of rotatable bonds is 2. The van der Waals surface area contributed by atoms with Crippen molar-refractivity contribution in [3.63, 3.8) is 0 Å². The van der Waals surface area contributed by atoms with Gasteiger partial charge < -0.3 is 5.32 Å². The Bertz CT molecular complexity index is 665. The molecule has 1 amide bonds. The first-order valence-corrected chi connectivity index (χ1v) is 7.08. The first kappa shape index (κ1) is 15.0. The topological polar surface area (TPSA) is 29.1 Å². The van der Waals surface area contributed by atoms with Crippen LogP contribution in [-0.4, -0.2) is 5.91 Å². The van der Waals surface area contributed by atoms with Crippen molar-refractivity contribution in [3.05, 3.63) is 62.3 Å². The van der Waals surface area contributed by atoms with Gasteiger partial charge in [0.15, 0.2) is 0 Å². The van der Waals surface area contributed by atoms with E-state index in [0.29, 0.717) is 5.69 Å². The zero-order chi connectivity index (χ0) is 14.9. The third kappa shape index (κ3) is 3.19. The van der Waals surface area contributed by atoms with Crippen LogP contribution in [-0.2, 0) is 0 Å². The van der Waals surface area contributed by atoms with Crippen LogP contribution in [0.5, 0.6) is 0 Å². The largest absolute Gasteiger partial charge is 0.321 e. The normalized spacial score (nSPS) is 10.4. The molecule has 2 aromatic rings. The summed E-state index contributed by atoms with van der Waals surface area (Å²) < 4.78 is 14.2. The molecule has 2 aromatic carbocycles. The molecule has 5 heteroatoms. The van der Waals surface area contributed by atoms with Crippen molar-refractivity contribution >= 4 is 39.1 Å². The molecule has 20 heavy (non-hydrogen) atoms. The lowest BCUT2D eigenvalue weighted by atomic mass is 10.1. The first-order chi connectivity index (χ1) is 9.38. The number of amides is 1. The first-order valence-electron chi connectivity index (χ1n) is 5.91. The molecule has 0 aliphatic heterocycles. The van der Waals surface area contributed by atoms with E-state index in [-0.39, 0.29) is 16.5 Å². The van der Waals surface area contributed by atoms with Gasteiger partial charge in [-0.3, -0.25) is 4.79 Å². The molecule has 0 unspecified atom stereocenters. The summed E-state index contributed by atoms with van der Waals surface area (Å²) in [5.41, 5.74) is 2.92. The molecule has 2 rings (SSSR count). The van der Waals surface area contributed by atoms with Crippen LogP contribution < -0.4 is 5.32 Å². The van der Waals surface area contributed by atoms with Crippen LogP contribution >= 0.6 is 27.5 Å². The standard InChI is InChI=1S/C15H12BrClFNO/c1-8-5-9(2)14(11(16)6-8)19-15(20)10-3-4-12(17)13(18)7-10/h3-7H,1-2H3,(H,19,20). The molecule has 0 aromatic heterocycles. The maximum Gasteiger partial charge on any atom is 0.255 e. The SMILES string of the molecule is Cc1cc(C)c(NC(=O)c2ccc(Cl)c(F)c2)c(Br)c1. The smallest absolute Gasteiger partial charge is 0.255 e. The van der Waals surface area contributed by atoms with Gasteiger partial charge in [0, 0.05) is 10.0 Å². The summed E-state index contributed by atoms with van der Waals surface area (Å²) >= 11 is 9.01. The van der Waals surface area contributed by atoms with Crippen LogP contribution in [0.4, 0.5) is 10.1 Å². The highest BCUT2D eigenvalue weighted by Gasteiger charge is 2.12. The van der Waals surface area contributed by atoms with Crippen LogP contribution in [0, 0.1) is 19.7 Å².